The van der Waals surface area contributed by atoms with E-state index in [1.165, 1.54) is 23.5 Å². The van der Waals surface area contributed by atoms with Gasteiger partial charge < -0.3 is 10.6 Å². The lowest BCUT2D eigenvalue weighted by Crippen LogP contribution is -2.35. The molecule has 6 heteroatoms. The van der Waals surface area contributed by atoms with Gasteiger partial charge in [-0.3, -0.25) is 4.79 Å². The number of anilines is 2. The molecule has 0 bridgehead atoms. The van der Waals surface area contributed by atoms with Gasteiger partial charge in [0.1, 0.15) is 0 Å². The van der Waals surface area contributed by atoms with Crippen LogP contribution in [0.5, 0.6) is 0 Å². The van der Waals surface area contributed by atoms with Crippen molar-refractivity contribution in [1.29, 1.82) is 0 Å². The summed E-state index contributed by atoms with van der Waals surface area (Å²) in [6.07, 6.45) is 3.20. The Morgan fingerprint density at radius 1 is 1.04 bits per heavy atom. The Morgan fingerprint density at radius 3 is 2.50 bits per heavy atom. The average Bonchev–Trinajstić information content (AvgIpc) is 2.68. The predicted octanol–water partition coefficient (Wildman–Crippen LogP) is 5.15. The van der Waals surface area contributed by atoms with Gasteiger partial charge in [0.25, 0.3) is 5.91 Å². The molecule has 2 heterocycles. The van der Waals surface area contributed by atoms with E-state index in [1.807, 2.05) is 58.8 Å². The highest BCUT2D eigenvalue weighted by Crippen LogP contribution is 2.43. The molecule has 1 fully saturated rings. The Balaban J connectivity index is 0.00000196. The van der Waals surface area contributed by atoms with E-state index in [4.69, 9.17) is 5.73 Å². The maximum absolute atomic E-state index is 13.0. The number of fused-ring (bicyclic) bond motifs is 1. The maximum Gasteiger partial charge on any atom is 0.258 e. The first-order valence-corrected chi connectivity index (χ1v) is 10.9. The quantitative estimate of drug-likeness (QED) is 0.700. The van der Waals surface area contributed by atoms with Gasteiger partial charge in [0, 0.05) is 23.5 Å². The summed E-state index contributed by atoms with van der Waals surface area (Å²) >= 11 is 4.01. The van der Waals surface area contributed by atoms with E-state index in [0.29, 0.717) is 4.58 Å². The number of amides is 1. The Labute approximate surface area is 169 Å². The summed E-state index contributed by atoms with van der Waals surface area (Å²) in [6.45, 7) is 0.755. The number of hydrogen-bond donors (Lipinski definition) is 1. The van der Waals surface area contributed by atoms with E-state index < -0.39 is 0 Å². The van der Waals surface area contributed by atoms with Crippen LogP contribution in [0.3, 0.4) is 0 Å². The standard InChI is InChI=1S/C20H22N2OS2.ClH/c21-17-5-1-6-18-16(17)4-2-11-22(18)19(23)14-7-9-15(10-8-14)20-24-12-3-13-25-20;/h1,5-10,20H,2-4,11-13,21H2;1H. The zero-order valence-electron chi connectivity index (χ0n) is 14.5. The molecule has 1 amide bonds. The van der Waals surface area contributed by atoms with Crippen LogP contribution in [0.1, 0.15) is 38.9 Å². The minimum atomic E-state index is 0. The van der Waals surface area contributed by atoms with Crippen LogP contribution in [0.25, 0.3) is 0 Å². The molecular formula is C20H23ClN2OS2. The van der Waals surface area contributed by atoms with Gasteiger partial charge in [-0.05, 0) is 66.2 Å². The average molecular weight is 407 g/mol. The molecule has 0 aromatic heterocycles. The summed E-state index contributed by atoms with van der Waals surface area (Å²) in [6, 6.07) is 14.1. The van der Waals surface area contributed by atoms with E-state index in [0.717, 1.165) is 41.9 Å². The van der Waals surface area contributed by atoms with Crippen molar-refractivity contribution < 1.29 is 4.79 Å². The molecule has 0 unspecified atom stereocenters. The first-order chi connectivity index (χ1) is 12.2. The molecule has 26 heavy (non-hydrogen) atoms. The van der Waals surface area contributed by atoms with Crippen LogP contribution in [0.4, 0.5) is 11.4 Å². The SMILES string of the molecule is Cl.Nc1cccc2c1CCCN2C(=O)c1ccc(C2SCCCS2)cc1. The molecule has 2 aromatic rings. The van der Waals surface area contributed by atoms with Gasteiger partial charge in [-0.25, -0.2) is 0 Å². The highest BCUT2D eigenvalue weighted by molar-refractivity contribution is 8.16. The molecular weight excluding hydrogens is 384 g/mol. The summed E-state index contributed by atoms with van der Waals surface area (Å²) in [7, 11) is 0. The fourth-order valence-electron chi connectivity index (χ4n) is 3.48. The Kier molecular flexibility index (Phi) is 6.43. The van der Waals surface area contributed by atoms with Crippen LogP contribution >= 0.6 is 35.9 Å². The van der Waals surface area contributed by atoms with E-state index in [2.05, 4.69) is 12.1 Å². The van der Waals surface area contributed by atoms with Crippen molar-refractivity contribution in [2.24, 2.45) is 0 Å². The van der Waals surface area contributed by atoms with Crippen LogP contribution < -0.4 is 10.6 Å². The molecule has 2 aromatic carbocycles. The first kappa shape index (κ1) is 19.5. The van der Waals surface area contributed by atoms with Crippen molar-refractivity contribution in [3.8, 4) is 0 Å². The monoisotopic (exact) mass is 406 g/mol. The summed E-state index contributed by atoms with van der Waals surface area (Å²) in [5.74, 6) is 2.52. The van der Waals surface area contributed by atoms with Crippen LogP contribution in [0.2, 0.25) is 0 Å². The zero-order valence-corrected chi connectivity index (χ0v) is 17.0. The second-order valence-corrected chi connectivity index (χ2v) is 9.18. The molecule has 2 N–H and O–H groups in total. The maximum atomic E-state index is 13.0. The van der Waals surface area contributed by atoms with Gasteiger partial charge in [-0.2, -0.15) is 0 Å². The minimum Gasteiger partial charge on any atom is -0.398 e. The molecule has 3 nitrogen and oxygen atoms in total. The number of carbonyl (C=O) groups is 1. The third-order valence-electron chi connectivity index (χ3n) is 4.79. The first-order valence-electron chi connectivity index (χ1n) is 8.76. The van der Waals surface area contributed by atoms with Crippen molar-refractivity contribution in [1.82, 2.24) is 0 Å². The van der Waals surface area contributed by atoms with Gasteiger partial charge in [-0.1, -0.05) is 18.2 Å². The third kappa shape index (κ3) is 3.85. The number of halogens is 1. The Morgan fingerprint density at radius 2 is 1.77 bits per heavy atom. The molecule has 4 rings (SSSR count). The second-order valence-electron chi connectivity index (χ2n) is 6.45. The number of benzene rings is 2. The minimum absolute atomic E-state index is 0. The van der Waals surface area contributed by atoms with Crippen LogP contribution in [0, 0.1) is 0 Å². The van der Waals surface area contributed by atoms with Gasteiger partial charge in [0.05, 0.1) is 4.58 Å². The number of hydrogen-bond acceptors (Lipinski definition) is 4. The summed E-state index contributed by atoms with van der Waals surface area (Å²) in [5, 5.41) is 0. The molecule has 2 aliphatic heterocycles. The normalized spacial score (nSPS) is 17.3. The lowest BCUT2D eigenvalue weighted by atomic mass is 9.99. The van der Waals surface area contributed by atoms with Crippen molar-refractivity contribution in [2.45, 2.75) is 23.8 Å². The van der Waals surface area contributed by atoms with Crippen LogP contribution in [0.15, 0.2) is 42.5 Å². The number of nitrogens with zero attached hydrogens (tertiary/aromatic N) is 1. The van der Waals surface area contributed by atoms with Crippen molar-refractivity contribution in [2.75, 3.05) is 28.7 Å². The van der Waals surface area contributed by atoms with Crippen LogP contribution in [-0.2, 0) is 6.42 Å². The molecule has 0 atom stereocenters. The molecule has 0 radical (unpaired) electrons. The largest absolute Gasteiger partial charge is 0.398 e. The Hall–Kier alpha value is -1.30. The highest BCUT2D eigenvalue weighted by Gasteiger charge is 2.25. The summed E-state index contributed by atoms with van der Waals surface area (Å²) < 4.78 is 0.508. The van der Waals surface area contributed by atoms with Gasteiger partial charge in [-0.15, -0.1) is 35.9 Å². The van der Waals surface area contributed by atoms with Crippen LogP contribution in [-0.4, -0.2) is 24.0 Å². The molecule has 138 valence electrons. The molecule has 0 spiro atoms. The van der Waals surface area contributed by atoms with Gasteiger partial charge >= 0.3 is 0 Å². The van der Waals surface area contributed by atoms with Gasteiger partial charge in [0.15, 0.2) is 0 Å². The Bertz CT molecular complexity index is 776. The second kappa shape index (κ2) is 8.59. The van der Waals surface area contributed by atoms with E-state index >= 15 is 0 Å². The lowest BCUT2D eigenvalue weighted by molar-refractivity contribution is 0.0985. The third-order valence-corrected chi connectivity index (χ3v) is 7.80. The smallest absolute Gasteiger partial charge is 0.258 e. The lowest BCUT2D eigenvalue weighted by Gasteiger charge is -2.30. The summed E-state index contributed by atoms with van der Waals surface area (Å²) in [4.78, 5) is 14.9. The number of carbonyl (C=O) groups excluding carboxylic acids is 1. The molecule has 1 saturated heterocycles. The van der Waals surface area contributed by atoms with E-state index in [-0.39, 0.29) is 18.3 Å². The molecule has 0 aliphatic carbocycles. The van der Waals surface area contributed by atoms with E-state index in [9.17, 15) is 4.79 Å². The molecule has 2 aliphatic rings. The van der Waals surface area contributed by atoms with Crippen molar-refractivity contribution >= 4 is 53.2 Å². The number of thioether (sulfide) groups is 2. The highest BCUT2D eigenvalue weighted by atomic mass is 35.5. The topological polar surface area (TPSA) is 46.3 Å². The summed E-state index contributed by atoms with van der Waals surface area (Å²) in [5.41, 5.74) is 11.0. The fourth-order valence-corrected chi connectivity index (χ4v) is 6.38. The van der Waals surface area contributed by atoms with Gasteiger partial charge in [0.2, 0.25) is 0 Å². The van der Waals surface area contributed by atoms with E-state index in [1.54, 1.807) is 0 Å². The molecule has 0 saturated carbocycles. The fraction of sp³-hybridized carbons (Fsp3) is 0.350. The van der Waals surface area contributed by atoms with Crippen molar-refractivity contribution in [3.63, 3.8) is 0 Å². The number of rotatable bonds is 2. The number of nitrogens with two attached hydrogens (primary N) is 1. The number of nitrogen functional groups attached to an aromatic ring is 1. The van der Waals surface area contributed by atoms with Crippen molar-refractivity contribution in [3.05, 3.63) is 59.2 Å². The predicted molar refractivity (Wildman–Crippen MR) is 117 cm³/mol. The zero-order chi connectivity index (χ0) is 17.2.